The van der Waals surface area contributed by atoms with Crippen LogP contribution in [0.1, 0.15) is 26.7 Å². The number of esters is 3. The summed E-state index contributed by atoms with van der Waals surface area (Å²) in [6.07, 6.45) is 1.15. The molecule has 2 atom stereocenters. The lowest BCUT2D eigenvalue weighted by molar-refractivity contribution is -0.413. The van der Waals surface area contributed by atoms with Gasteiger partial charge in [0, 0.05) is 23.1 Å². The molecule has 0 spiro atoms. The van der Waals surface area contributed by atoms with E-state index in [1.165, 1.54) is 13.8 Å². The van der Waals surface area contributed by atoms with Gasteiger partial charge in [-0.2, -0.15) is 0 Å². The second-order valence-corrected chi connectivity index (χ2v) is 7.36. The normalized spacial score (nSPS) is 11.8. The first-order chi connectivity index (χ1) is 15.0. The highest BCUT2D eigenvalue weighted by Gasteiger charge is 2.21. The number of carboxylic acid groups (broad SMARTS) is 1. The van der Waals surface area contributed by atoms with Crippen LogP contribution < -0.4 is 16.2 Å². The molecule has 0 saturated carbocycles. The van der Waals surface area contributed by atoms with Crippen molar-refractivity contribution in [1.29, 1.82) is 0 Å². The minimum atomic E-state index is -1.43. The zero-order valence-electron chi connectivity index (χ0n) is 18.5. The lowest BCUT2D eigenvalue weighted by Crippen LogP contribution is -2.67. The largest absolute Gasteiger partial charge is 0.548 e. The quantitative estimate of drug-likeness (QED) is 0.0729. The lowest BCUT2D eigenvalue weighted by atomic mass is 10.3. The Morgan fingerprint density at radius 1 is 1.03 bits per heavy atom. The first-order valence-corrected chi connectivity index (χ1v) is 10.9. The van der Waals surface area contributed by atoms with Crippen LogP contribution in [-0.2, 0) is 33.4 Å². The Balaban J connectivity index is 0. The molecule has 0 fully saturated rings. The summed E-state index contributed by atoms with van der Waals surface area (Å²) in [7, 11) is 0. The Hall–Kier alpha value is -2.28. The van der Waals surface area contributed by atoms with Crippen LogP contribution in [-0.4, -0.2) is 79.4 Å². The lowest BCUT2D eigenvalue weighted by Gasteiger charge is -2.19. The zero-order valence-corrected chi connectivity index (χ0v) is 20.1. The van der Waals surface area contributed by atoms with Gasteiger partial charge in [0.15, 0.2) is 6.61 Å². The summed E-state index contributed by atoms with van der Waals surface area (Å²) < 4.78 is 14.5. The molecule has 0 heterocycles. The van der Waals surface area contributed by atoms with E-state index in [0.29, 0.717) is 13.0 Å². The molecule has 0 rings (SSSR count). The van der Waals surface area contributed by atoms with Crippen molar-refractivity contribution < 1.29 is 49.3 Å². The van der Waals surface area contributed by atoms with Gasteiger partial charge < -0.3 is 40.3 Å². The monoisotopic (exact) mass is 524 g/mol. The van der Waals surface area contributed by atoms with Crippen molar-refractivity contribution >= 4 is 39.8 Å². The fraction of sp³-hybridized carbons (Fsp3) is 0.600. The van der Waals surface area contributed by atoms with Crippen molar-refractivity contribution in [3.05, 3.63) is 24.3 Å². The van der Waals surface area contributed by atoms with Crippen LogP contribution in [0.5, 0.6) is 0 Å². The topological polar surface area (TPSA) is 179 Å². The molecule has 0 aromatic rings. The van der Waals surface area contributed by atoms with E-state index in [0.717, 1.165) is 11.8 Å². The Labute approximate surface area is 196 Å². The van der Waals surface area contributed by atoms with Gasteiger partial charge in [-0.3, -0.25) is 0 Å². The minimum absolute atomic E-state index is 0.00237. The van der Waals surface area contributed by atoms with Crippen LogP contribution in [0.15, 0.2) is 24.3 Å². The molecule has 0 aromatic carbocycles. The Kier molecular flexibility index (Phi) is 19.3. The Morgan fingerprint density at radius 2 is 1.56 bits per heavy atom. The molecular formula is C20H33BrN2O9. The molecule has 0 aliphatic carbocycles. The summed E-state index contributed by atoms with van der Waals surface area (Å²) in [6, 6.07) is -2.09. The number of halogens is 1. The minimum Gasteiger partial charge on any atom is -0.548 e. The third kappa shape index (κ3) is 17.4. The summed E-state index contributed by atoms with van der Waals surface area (Å²) in [5.74, 6) is -3.41. The van der Waals surface area contributed by atoms with Gasteiger partial charge in [0.25, 0.3) is 0 Å². The fourth-order valence-electron chi connectivity index (χ4n) is 1.56. The number of hydrogen-bond acceptors (Lipinski definition) is 10. The molecule has 12 heteroatoms. The molecule has 0 amide bonds. The van der Waals surface area contributed by atoms with Crippen LogP contribution in [0.2, 0.25) is 0 Å². The molecule has 0 bridgehead atoms. The van der Waals surface area contributed by atoms with E-state index in [1.807, 2.05) is 0 Å². The van der Waals surface area contributed by atoms with E-state index in [4.69, 9.17) is 19.3 Å². The zero-order chi connectivity index (χ0) is 25.1. The van der Waals surface area contributed by atoms with Crippen LogP contribution >= 0.6 is 15.9 Å². The molecule has 5 N–H and O–H groups in total. The van der Waals surface area contributed by atoms with Gasteiger partial charge in [-0.15, -0.1) is 0 Å². The van der Waals surface area contributed by atoms with Gasteiger partial charge >= 0.3 is 17.9 Å². The summed E-state index contributed by atoms with van der Waals surface area (Å²) in [4.78, 5) is 45.1. The number of aliphatic hydroxyl groups excluding tert-OH is 1. The van der Waals surface area contributed by atoms with Crippen LogP contribution in [0, 0.1) is 0 Å². The number of aliphatic carboxylic acids is 1. The maximum absolute atomic E-state index is 11.7. The number of nitrogens with one attached hydrogen (secondary N) is 1. The van der Waals surface area contributed by atoms with Gasteiger partial charge in [-0.05, 0) is 33.2 Å². The third-order valence-corrected chi connectivity index (χ3v) is 3.92. The van der Waals surface area contributed by atoms with E-state index in [2.05, 4.69) is 40.1 Å². The molecule has 0 saturated heterocycles. The Morgan fingerprint density at radius 3 is 1.97 bits per heavy atom. The molecule has 0 radical (unpaired) electrons. The molecule has 184 valence electrons. The van der Waals surface area contributed by atoms with Gasteiger partial charge in [0.05, 0.1) is 18.6 Å². The molecule has 0 aliphatic rings. The summed E-state index contributed by atoms with van der Waals surface area (Å²) in [6.45, 7) is 9.53. The summed E-state index contributed by atoms with van der Waals surface area (Å²) >= 11 is 3.15. The van der Waals surface area contributed by atoms with Gasteiger partial charge in [0.2, 0.25) is 6.04 Å². The second kappa shape index (κ2) is 19.4. The third-order valence-electron chi connectivity index (χ3n) is 3.36. The molecular weight excluding hydrogens is 492 g/mol. The van der Waals surface area contributed by atoms with Crippen molar-refractivity contribution in [1.82, 2.24) is 5.32 Å². The van der Waals surface area contributed by atoms with Gasteiger partial charge in [0.1, 0.15) is 6.61 Å². The number of ether oxygens (including phenoxy) is 3. The maximum Gasteiger partial charge on any atom is 0.368 e. The number of carbonyl (C=O) groups excluding carboxylic acids is 4. The van der Waals surface area contributed by atoms with Gasteiger partial charge in [-0.25, -0.2) is 14.4 Å². The Bertz CT molecular complexity index is 639. The predicted molar refractivity (Wildman–Crippen MR) is 116 cm³/mol. The molecule has 0 aliphatic heterocycles. The molecule has 0 unspecified atom stereocenters. The highest BCUT2D eigenvalue weighted by molar-refractivity contribution is 9.09. The fourth-order valence-corrected chi connectivity index (χ4v) is 1.81. The van der Waals surface area contributed by atoms with E-state index in [1.54, 1.807) is 0 Å². The first-order valence-electron chi connectivity index (χ1n) is 9.73. The van der Waals surface area contributed by atoms with Crippen molar-refractivity contribution in [3.63, 3.8) is 0 Å². The van der Waals surface area contributed by atoms with E-state index < -0.39 is 42.6 Å². The SMILES string of the molecule is C=C(C)C(=O)OC[C@H](NCCCOC(=O)[C@@H]([NH3+])COC(=O)C(=C)C)C(=O)[O-].OCCCBr. The average molecular weight is 525 g/mol. The number of quaternary nitrogens is 1. The maximum atomic E-state index is 11.7. The average Bonchev–Trinajstić information content (AvgIpc) is 2.73. The van der Waals surface area contributed by atoms with E-state index in [-0.39, 0.29) is 30.9 Å². The molecule has 0 aromatic heterocycles. The van der Waals surface area contributed by atoms with Gasteiger partial charge in [-0.1, -0.05) is 29.1 Å². The highest BCUT2D eigenvalue weighted by atomic mass is 79.9. The van der Waals surface area contributed by atoms with Crippen molar-refractivity contribution in [2.45, 2.75) is 38.8 Å². The first kappa shape index (κ1) is 31.9. The number of carbonyl (C=O) groups is 4. The van der Waals surface area contributed by atoms with Crippen LogP contribution in [0.25, 0.3) is 0 Å². The standard InChI is InChI=1S/C17H26N2O8.C3H7BrO/c1-10(2)15(22)26-8-12(18)17(24)25-7-5-6-19-13(14(20)21)9-27-16(23)11(3)4;4-2-1-3-5/h12-13,19H,1,3,5-9,18H2,2,4H3,(H,20,21);5H,1-3H2/t12-,13-;/m0./s1. The second-order valence-electron chi connectivity index (χ2n) is 6.57. The predicted octanol–water partition coefficient (Wildman–Crippen LogP) is -1.76. The number of carboxylic acids is 1. The molecule has 11 nitrogen and oxygen atoms in total. The number of aliphatic hydroxyl groups is 1. The van der Waals surface area contributed by atoms with Crippen molar-refractivity contribution in [3.8, 4) is 0 Å². The summed E-state index contributed by atoms with van der Waals surface area (Å²) in [5, 5.41) is 22.5. The van der Waals surface area contributed by atoms with Crippen LogP contribution in [0.3, 0.4) is 0 Å². The highest BCUT2D eigenvalue weighted by Crippen LogP contribution is 1.96. The van der Waals surface area contributed by atoms with Crippen LogP contribution in [0.4, 0.5) is 0 Å². The summed E-state index contributed by atoms with van der Waals surface area (Å²) in [5.41, 5.74) is 3.89. The molecule has 32 heavy (non-hydrogen) atoms. The van der Waals surface area contributed by atoms with Crippen molar-refractivity contribution in [2.24, 2.45) is 0 Å². The van der Waals surface area contributed by atoms with Crippen molar-refractivity contribution in [2.75, 3.05) is 38.3 Å². The van der Waals surface area contributed by atoms with E-state index >= 15 is 0 Å². The van der Waals surface area contributed by atoms with E-state index in [9.17, 15) is 24.3 Å². The smallest absolute Gasteiger partial charge is 0.368 e. The number of alkyl halides is 1. The number of rotatable bonds is 15. The number of hydrogen-bond donors (Lipinski definition) is 3.